The van der Waals surface area contributed by atoms with Gasteiger partial charge in [0, 0.05) is 11.6 Å². The van der Waals surface area contributed by atoms with Crippen molar-refractivity contribution in [3.05, 3.63) is 47.7 Å². The molecule has 0 amide bonds. The quantitative estimate of drug-likeness (QED) is 0.716. The SMILES string of the molecule is Nc1cnc2cc(-c3ccccc3Cl)nn2c1. The molecule has 0 saturated heterocycles. The smallest absolute Gasteiger partial charge is 0.155 e. The van der Waals surface area contributed by atoms with Gasteiger partial charge in [-0.1, -0.05) is 29.8 Å². The fraction of sp³-hybridized carbons (Fsp3) is 0. The molecule has 4 nitrogen and oxygen atoms in total. The summed E-state index contributed by atoms with van der Waals surface area (Å²) in [5, 5.41) is 5.06. The number of hydrogen-bond acceptors (Lipinski definition) is 3. The topological polar surface area (TPSA) is 56.2 Å². The zero-order valence-electron chi connectivity index (χ0n) is 8.84. The van der Waals surface area contributed by atoms with Crippen LogP contribution in [0.3, 0.4) is 0 Å². The van der Waals surface area contributed by atoms with E-state index in [2.05, 4.69) is 10.1 Å². The van der Waals surface area contributed by atoms with Gasteiger partial charge in [-0.15, -0.1) is 0 Å². The molecule has 0 spiro atoms. The van der Waals surface area contributed by atoms with E-state index in [1.807, 2.05) is 30.3 Å². The lowest BCUT2D eigenvalue weighted by molar-refractivity contribution is 0.946. The average molecular weight is 245 g/mol. The van der Waals surface area contributed by atoms with Gasteiger partial charge < -0.3 is 5.73 Å². The van der Waals surface area contributed by atoms with E-state index in [0.717, 1.165) is 16.9 Å². The van der Waals surface area contributed by atoms with Crippen LogP contribution in [-0.4, -0.2) is 14.6 Å². The predicted molar refractivity (Wildman–Crippen MR) is 67.8 cm³/mol. The molecule has 0 radical (unpaired) electrons. The molecule has 84 valence electrons. The van der Waals surface area contributed by atoms with Crippen molar-refractivity contribution in [2.24, 2.45) is 0 Å². The summed E-state index contributed by atoms with van der Waals surface area (Å²) in [5.74, 6) is 0. The predicted octanol–water partition coefficient (Wildman–Crippen LogP) is 2.63. The van der Waals surface area contributed by atoms with Gasteiger partial charge >= 0.3 is 0 Å². The van der Waals surface area contributed by atoms with Crippen LogP contribution in [0, 0.1) is 0 Å². The van der Waals surface area contributed by atoms with Crippen molar-refractivity contribution in [1.82, 2.24) is 14.6 Å². The van der Waals surface area contributed by atoms with Gasteiger partial charge in [0.1, 0.15) is 0 Å². The molecule has 2 heterocycles. The normalized spacial score (nSPS) is 10.9. The van der Waals surface area contributed by atoms with Gasteiger partial charge in [-0.25, -0.2) is 9.50 Å². The summed E-state index contributed by atoms with van der Waals surface area (Å²) in [7, 11) is 0. The summed E-state index contributed by atoms with van der Waals surface area (Å²) >= 11 is 6.12. The minimum atomic E-state index is 0.575. The molecule has 1 aromatic carbocycles. The highest BCUT2D eigenvalue weighted by atomic mass is 35.5. The summed E-state index contributed by atoms with van der Waals surface area (Å²) in [5.41, 5.74) is 8.65. The van der Waals surface area contributed by atoms with Gasteiger partial charge in [0.25, 0.3) is 0 Å². The maximum atomic E-state index is 6.12. The van der Waals surface area contributed by atoms with Crippen molar-refractivity contribution in [2.75, 3.05) is 5.73 Å². The first kappa shape index (κ1) is 10.1. The Balaban J connectivity index is 2.22. The molecule has 3 rings (SSSR count). The Bertz CT molecular complexity index is 690. The van der Waals surface area contributed by atoms with E-state index in [1.54, 1.807) is 16.9 Å². The maximum Gasteiger partial charge on any atom is 0.155 e. The number of fused-ring (bicyclic) bond motifs is 1. The molecule has 2 aromatic heterocycles. The van der Waals surface area contributed by atoms with E-state index in [4.69, 9.17) is 17.3 Å². The van der Waals surface area contributed by atoms with Crippen molar-refractivity contribution >= 4 is 22.9 Å². The fourth-order valence-electron chi connectivity index (χ4n) is 1.69. The van der Waals surface area contributed by atoms with E-state index >= 15 is 0 Å². The molecule has 0 unspecified atom stereocenters. The molecule has 0 saturated carbocycles. The van der Waals surface area contributed by atoms with E-state index < -0.39 is 0 Å². The lowest BCUT2D eigenvalue weighted by atomic mass is 10.1. The molecule has 0 atom stereocenters. The number of anilines is 1. The lowest BCUT2D eigenvalue weighted by Gasteiger charge is -1.97. The third kappa shape index (κ3) is 1.72. The Morgan fingerprint density at radius 1 is 1.24 bits per heavy atom. The number of nitrogens with two attached hydrogens (primary N) is 1. The molecule has 2 N–H and O–H groups in total. The summed E-state index contributed by atoms with van der Waals surface area (Å²) in [6, 6.07) is 9.45. The zero-order valence-corrected chi connectivity index (χ0v) is 9.59. The summed E-state index contributed by atoms with van der Waals surface area (Å²) in [6.07, 6.45) is 3.33. The molecule has 0 aliphatic carbocycles. The number of rotatable bonds is 1. The average Bonchev–Trinajstić information content (AvgIpc) is 2.72. The highest BCUT2D eigenvalue weighted by molar-refractivity contribution is 6.33. The highest BCUT2D eigenvalue weighted by Crippen LogP contribution is 2.26. The standard InChI is InChI=1S/C12H9ClN4/c13-10-4-2-1-3-9(10)11-5-12-15-6-8(14)7-17(12)16-11/h1-7H,14H2. The van der Waals surface area contributed by atoms with Crippen LogP contribution in [0.4, 0.5) is 5.69 Å². The third-order valence-electron chi connectivity index (χ3n) is 2.48. The number of halogens is 1. The Hall–Kier alpha value is -2.07. The monoisotopic (exact) mass is 244 g/mol. The van der Waals surface area contributed by atoms with Crippen LogP contribution in [0.15, 0.2) is 42.7 Å². The highest BCUT2D eigenvalue weighted by Gasteiger charge is 2.08. The molecule has 17 heavy (non-hydrogen) atoms. The Morgan fingerprint density at radius 3 is 2.88 bits per heavy atom. The molecule has 0 aliphatic rings. The Morgan fingerprint density at radius 2 is 2.06 bits per heavy atom. The number of benzene rings is 1. The van der Waals surface area contributed by atoms with Crippen LogP contribution in [0.2, 0.25) is 5.02 Å². The fourth-order valence-corrected chi connectivity index (χ4v) is 1.92. The van der Waals surface area contributed by atoms with Crippen LogP contribution in [0.1, 0.15) is 0 Å². The second-order valence-electron chi connectivity index (χ2n) is 3.70. The molecule has 3 aromatic rings. The summed E-state index contributed by atoms with van der Waals surface area (Å²) < 4.78 is 1.65. The van der Waals surface area contributed by atoms with E-state index in [1.165, 1.54) is 0 Å². The minimum absolute atomic E-state index is 0.575. The van der Waals surface area contributed by atoms with Crippen LogP contribution in [0.5, 0.6) is 0 Å². The molecule has 0 aliphatic heterocycles. The van der Waals surface area contributed by atoms with Gasteiger partial charge in [-0.05, 0) is 6.07 Å². The summed E-state index contributed by atoms with van der Waals surface area (Å²) in [4.78, 5) is 4.19. The third-order valence-corrected chi connectivity index (χ3v) is 2.81. The number of hydrogen-bond donors (Lipinski definition) is 1. The van der Waals surface area contributed by atoms with Crippen LogP contribution >= 0.6 is 11.6 Å². The first-order chi connectivity index (χ1) is 8.24. The second kappa shape index (κ2) is 3.75. The molecular weight excluding hydrogens is 236 g/mol. The van der Waals surface area contributed by atoms with Gasteiger partial charge in [-0.2, -0.15) is 5.10 Å². The van der Waals surface area contributed by atoms with Gasteiger partial charge in [0.15, 0.2) is 5.65 Å². The second-order valence-corrected chi connectivity index (χ2v) is 4.11. The van der Waals surface area contributed by atoms with Gasteiger partial charge in [-0.3, -0.25) is 0 Å². The van der Waals surface area contributed by atoms with Crippen molar-refractivity contribution in [3.63, 3.8) is 0 Å². The van der Waals surface area contributed by atoms with Gasteiger partial charge in [0.2, 0.25) is 0 Å². The Kier molecular flexibility index (Phi) is 2.23. The van der Waals surface area contributed by atoms with E-state index in [9.17, 15) is 0 Å². The van der Waals surface area contributed by atoms with Crippen LogP contribution in [-0.2, 0) is 0 Å². The molecule has 5 heteroatoms. The zero-order chi connectivity index (χ0) is 11.8. The maximum absolute atomic E-state index is 6.12. The van der Waals surface area contributed by atoms with E-state index in [-0.39, 0.29) is 0 Å². The van der Waals surface area contributed by atoms with Crippen LogP contribution < -0.4 is 5.73 Å². The van der Waals surface area contributed by atoms with Crippen LogP contribution in [0.25, 0.3) is 16.9 Å². The first-order valence-corrected chi connectivity index (χ1v) is 5.47. The van der Waals surface area contributed by atoms with Crippen molar-refractivity contribution < 1.29 is 0 Å². The summed E-state index contributed by atoms with van der Waals surface area (Å²) in [6.45, 7) is 0. The largest absolute Gasteiger partial charge is 0.396 e. The van der Waals surface area contributed by atoms with Crippen molar-refractivity contribution in [2.45, 2.75) is 0 Å². The minimum Gasteiger partial charge on any atom is -0.396 e. The molecule has 0 fully saturated rings. The first-order valence-electron chi connectivity index (χ1n) is 5.10. The van der Waals surface area contributed by atoms with Crippen molar-refractivity contribution in [1.29, 1.82) is 0 Å². The number of nitrogen functional groups attached to an aromatic ring is 1. The molecular formula is C12H9ClN4. The number of aromatic nitrogens is 3. The van der Waals surface area contributed by atoms with E-state index in [0.29, 0.717) is 10.7 Å². The van der Waals surface area contributed by atoms with Crippen molar-refractivity contribution in [3.8, 4) is 11.3 Å². The molecule has 0 bridgehead atoms. The number of nitrogens with zero attached hydrogens (tertiary/aromatic N) is 3. The van der Waals surface area contributed by atoms with Gasteiger partial charge in [0.05, 0.1) is 28.8 Å². The lowest BCUT2D eigenvalue weighted by Crippen LogP contribution is -1.93. The Labute approximate surface area is 103 Å².